The van der Waals surface area contributed by atoms with E-state index in [0.717, 1.165) is 6.42 Å². The van der Waals surface area contributed by atoms with Gasteiger partial charge in [-0.15, -0.1) is 6.58 Å². The molecule has 2 atom stereocenters. The van der Waals surface area contributed by atoms with Crippen LogP contribution in [0, 0.1) is 11.8 Å². The number of primary amides is 1. The van der Waals surface area contributed by atoms with Crippen LogP contribution in [0.4, 0.5) is 0 Å². The first-order chi connectivity index (χ1) is 4.75. The largest absolute Gasteiger partial charge is 0.369 e. The lowest BCUT2D eigenvalue weighted by Gasteiger charge is -1.82. The molecule has 0 aromatic heterocycles. The zero-order valence-corrected chi connectivity index (χ0v) is 6.63. The molecule has 0 aromatic carbocycles. The van der Waals surface area contributed by atoms with Crippen molar-refractivity contribution in [2.24, 2.45) is 17.6 Å². The van der Waals surface area contributed by atoms with Gasteiger partial charge in [-0.05, 0) is 12.3 Å². The van der Waals surface area contributed by atoms with Gasteiger partial charge in [-0.25, -0.2) is 0 Å². The molecule has 2 nitrogen and oxygen atoms in total. The molecule has 1 fully saturated rings. The third kappa shape index (κ3) is 2.21. The topological polar surface area (TPSA) is 43.1 Å². The first-order valence-electron chi connectivity index (χ1n) is 3.67. The van der Waals surface area contributed by atoms with E-state index in [1.54, 1.807) is 6.08 Å². The second-order valence-corrected chi connectivity index (χ2v) is 2.14. The lowest BCUT2D eigenvalue weighted by Crippen LogP contribution is -2.13. The number of nitrogens with two attached hydrogens (primary N) is 1. The SMILES string of the molecule is C=CC1C[C@@H]1C(N)=O.CC. The number of rotatable bonds is 2. The standard InChI is InChI=1S/C6H9NO.C2H6/c1-2-4-3-5(4)6(7)8;1-2/h2,4-5H,1,3H2,(H2,7,8);1-2H3/t4?,5-;/m0./s1. The minimum absolute atomic E-state index is 0.104. The van der Waals surface area contributed by atoms with Crippen LogP contribution in [0.1, 0.15) is 20.3 Å². The van der Waals surface area contributed by atoms with Gasteiger partial charge in [0.1, 0.15) is 0 Å². The molecule has 10 heavy (non-hydrogen) atoms. The maximum Gasteiger partial charge on any atom is 0.221 e. The van der Waals surface area contributed by atoms with Crippen molar-refractivity contribution in [2.75, 3.05) is 0 Å². The molecule has 0 bridgehead atoms. The summed E-state index contributed by atoms with van der Waals surface area (Å²) in [5, 5.41) is 0. The first-order valence-corrected chi connectivity index (χ1v) is 3.67. The van der Waals surface area contributed by atoms with Gasteiger partial charge < -0.3 is 5.73 Å². The highest BCUT2D eigenvalue weighted by atomic mass is 16.1. The van der Waals surface area contributed by atoms with Crippen molar-refractivity contribution in [1.29, 1.82) is 0 Å². The molecule has 1 amide bonds. The van der Waals surface area contributed by atoms with Gasteiger partial charge in [0.25, 0.3) is 0 Å². The van der Waals surface area contributed by atoms with Gasteiger partial charge in [0.05, 0.1) is 0 Å². The minimum atomic E-state index is -0.185. The lowest BCUT2D eigenvalue weighted by atomic mass is 10.3. The second kappa shape index (κ2) is 4.09. The molecule has 1 unspecified atom stereocenters. The Morgan fingerprint density at radius 3 is 2.30 bits per heavy atom. The van der Waals surface area contributed by atoms with Gasteiger partial charge in [0, 0.05) is 5.92 Å². The Morgan fingerprint density at radius 1 is 1.70 bits per heavy atom. The van der Waals surface area contributed by atoms with Crippen LogP contribution >= 0.6 is 0 Å². The van der Waals surface area contributed by atoms with E-state index in [-0.39, 0.29) is 11.8 Å². The van der Waals surface area contributed by atoms with Crippen LogP contribution in [0.15, 0.2) is 12.7 Å². The number of carbonyl (C=O) groups excluding carboxylic acids is 1. The summed E-state index contributed by atoms with van der Waals surface area (Å²) in [5.41, 5.74) is 4.98. The monoisotopic (exact) mass is 141 g/mol. The van der Waals surface area contributed by atoms with Crippen LogP contribution in [0.5, 0.6) is 0 Å². The van der Waals surface area contributed by atoms with Gasteiger partial charge in [-0.3, -0.25) is 4.79 Å². The average molecular weight is 141 g/mol. The summed E-state index contributed by atoms with van der Waals surface area (Å²) < 4.78 is 0. The Balaban J connectivity index is 0.000000371. The Labute approximate surface area is 62.1 Å². The number of carbonyl (C=O) groups is 1. The molecule has 58 valence electrons. The fraction of sp³-hybridized carbons (Fsp3) is 0.625. The quantitative estimate of drug-likeness (QED) is 0.579. The molecule has 0 spiro atoms. The molecule has 0 heterocycles. The van der Waals surface area contributed by atoms with Crippen LogP contribution in [0.2, 0.25) is 0 Å². The van der Waals surface area contributed by atoms with E-state index in [1.807, 2.05) is 13.8 Å². The molecular weight excluding hydrogens is 126 g/mol. The van der Waals surface area contributed by atoms with E-state index in [2.05, 4.69) is 6.58 Å². The third-order valence-corrected chi connectivity index (χ3v) is 1.51. The molecule has 0 radical (unpaired) electrons. The summed E-state index contributed by atoms with van der Waals surface area (Å²) in [6.45, 7) is 7.55. The summed E-state index contributed by atoms with van der Waals surface area (Å²) in [6.07, 6.45) is 2.70. The summed E-state index contributed by atoms with van der Waals surface area (Å²) in [7, 11) is 0. The molecule has 0 saturated heterocycles. The normalized spacial score (nSPS) is 27.8. The molecule has 2 N–H and O–H groups in total. The predicted octanol–water partition coefficient (Wildman–Crippen LogP) is 1.32. The van der Waals surface area contributed by atoms with E-state index in [4.69, 9.17) is 5.73 Å². The Hall–Kier alpha value is -0.790. The maximum atomic E-state index is 10.3. The predicted molar refractivity (Wildman–Crippen MR) is 42.3 cm³/mol. The minimum Gasteiger partial charge on any atom is -0.369 e. The van der Waals surface area contributed by atoms with Gasteiger partial charge >= 0.3 is 0 Å². The van der Waals surface area contributed by atoms with Crippen molar-refractivity contribution in [3.05, 3.63) is 12.7 Å². The summed E-state index contributed by atoms with van der Waals surface area (Å²) in [6, 6.07) is 0. The Bertz CT molecular complexity index is 131. The lowest BCUT2D eigenvalue weighted by molar-refractivity contribution is -0.119. The fourth-order valence-electron chi connectivity index (χ4n) is 0.802. The molecular formula is C8H15NO. The fourth-order valence-corrected chi connectivity index (χ4v) is 0.802. The van der Waals surface area contributed by atoms with Crippen molar-refractivity contribution in [2.45, 2.75) is 20.3 Å². The number of allylic oxidation sites excluding steroid dienone is 1. The van der Waals surface area contributed by atoms with Crippen LogP contribution in [-0.2, 0) is 4.79 Å². The maximum absolute atomic E-state index is 10.3. The molecule has 0 aromatic rings. The van der Waals surface area contributed by atoms with Gasteiger partial charge in [-0.1, -0.05) is 19.9 Å². The Morgan fingerprint density at radius 2 is 2.20 bits per heavy atom. The van der Waals surface area contributed by atoms with Gasteiger partial charge in [-0.2, -0.15) is 0 Å². The van der Waals surface area contributed by atoms with Crippen molar-refractivity contribution in [3.63, 3.8) is 0 Å². The third-order valence-electron chi connectivity index (χ3n) is 1.51. The van der Waals surface area contributed by atoms with E-state index >= 15 is 0 Å². The molecule has 1 saturated carbocycles. The first kappa shape index (κ1) is 9.21. The molecule has 1 aliphatic rings. The summed E-state index contributed by atoms with van der Waals surface area (Å²) in [5.74, 6) is 0.301. The number of amides is 1. The zero-order chi connectivity index (χ0) is 8.15. The van der Waals surface area contributed by atoms with Crippen molar-refractivity contribution in [3.8, 4) is 0 Å². The highest BCUT2D eigenvalue weighted by Crippen LogP contribution is 2.38. The van der Waals surface area contributed by atoms with Crippen molar-refractivity contribution >= 4 is 5.91 Å². The highest BCUT2D eigenvalue weighted by molar-refractivity contribution is 5.80. The van der Waals surface area contributed by atoms with Gasteiger partial charge in [0.15, 0.2) is 0 Å². The van der Waals surface area contributed by atoms with Crippen LogP contribution in [0.25, 0.3) is 0 Å². The zero-order valence-electron chi connectivity index (χ0n) is 6.63. The van der Waals surface area contributed by atoms with Crippen LogP contribution < -0.4 is 5.73 Å². The molecule has 1 aliphatic carbocycles. The van der Waals surface area contributed by atoms with E-state index < -0.39 is 0 Å². The summed E-state index contributed by atoms with van der Waals surface area (Å²) >= 11 is 0. The number of hydrogen-bond acceptors (Lipinski definition) is 1. The average Bonchev–Trinajstić information content (AvgIpc) is 2.70. The molecule has 2 heteroatoms. The van der Waals surface area contributed by atoms with E-state index in [1.165, 1.54) is 0 Å². The van der Waals surface area contributed by atoms with E-state index in [9.17, 15) is 4.79 Å². The Kier molecular flexibility index (Phi) is 3.77. The van der Waals surface area contributed by atoms with Crippen LogP contribution in [0.3, 0.4) is 0 Å². The van der Waals surface area contributed by atoms with Crippen molar-refractivity contribution in [1.82, 2.24) is 0 Å². The van der Waals surface area contributed by atoms with E-state index in [0.29, 0.717) is 5.92 Å². The van der Waals surface area contributed by atoms with Gasteiger partial charge in [0.2, 0.25) is 5.91 Å². The second-order valence-electron chi connectivity index (χ2n) is 2.14. The number of hydrogen-bond donors (Lipinski definition) is 1. The smallest absolute Gasteiger partial charge is 0.221 e. The highest BCUT2D eigenvalue weighted by Gasteiger charge is 2.38. The molecule has 0 aliphatic heterocycles. The van der Waals surface area contributed by atoms with Crippen molar-refractivity contribution < 1.29 is 4.79 Å². The molecule has 1 rings (SSSR count). The summed E-state index contributed by atoms with van der Waals surface area (Å²) in [4.78, 5) is 10.3. The van der Waals surface area contributed by atoms with Crippen LogP contribution in [-0.4, -0.2) is 5.91 Å².